The van der Waals surface area contributed by atoms with E-state index in [2.05, 4.69) is 0 Å². The predicted octanol–water partition coefficient (Wildman–Crippen LogP) is 2.26. The fourth-order valence-corrected chi connectivity index (χ4v) is 1.69. The van der Waals surface area contributed by atoms with Crippen LogP contribution in [0.15, 0.2) is 0 Å². The van der Waals surface area contributed by atoms with Gasteiger partial charge in [0.05, 0.1) is 12.2 Å². The summed E-state index contributed by atoms with van der Waals surface area (Å²) in [6.45, 7) is 3.31. The number of hydrogen-bond acceptors (Lipinski definition) is 2. The summed E-state index contributed by atoms with van der Waals surface area (Å²) >= 11 is 0. The lowest BCUT2D eigenvalue weighted by Crippen LogP contribution is -2.55. The number of hydrogen-bond donors (Lipinski definition) is 1. The van der Waals surface area contributed by atoms with Crippen LogP contribution in [0.1, 0.15) is 33.1 Å². The Morgan fingerprint density at radius 2 is 2.00 bits per heavy atom. The molecule has 1 heterocycles. The Hall–Kier alpha value is -0.290. The lowest BCUT2D eigenvalue weighted by Gasteiger charge is -2.43. The Labute approximate surface area is 81.1 Å². The maximum absolute atomic E-state index is 12.5. The van der Waals surface area contributed by atoms with Gasteiger partial charge in [0, 0.05) is 12.8 Å². The Kier molecular flexibility index (Phi) is 2.84. The first-order valence-electron chi connectivity index (χ1n) is 4.65. The molecule has 2 unspecified atom stereocenters. The second-order valence-electron chi connectivity index (χ2n) is 4.11. The van der Waals surface area contributed by atoms with Gasteiger partial charge in [0.1, 0.15) is 0 Å². The molecular formula is C9H15F3O2. The van der Waals surface area contributed by atoms with Gasteiger partial charge in [-0.2, -0.15) is 13.2 Å². The summed E-state index contributed by atoms with van der Waals surface area (Å²) in [5.74, 6) is 0. The second-order valence-corrected chi connectivity index (χ2v) is 4.11. The van der Waals surface area contributed by atoms with Crippen LogP contribution in [0.4, 0.5) is 13.2 Å². The van der Waals surface area contributed by atoms with Crippen LogP contribution in [-0.2, 0) is 4.74 Å². The molecule has 0 bridgehead atoms. The molecule has 0 aromatic rings. The van der Waals surface area contributed by atoms with Gasteiger partial charge < -0.3 is 9.84 Å². The zero-order chi connectivity index (χ0) is 11.0. The third-order valence-electron chi connectivity index (χ3n) is 2.91. The largest absolute Gasteiger partial charge is 0.417 e. The molecule has 1 N–H and O–H groups in total. The quantitative estimate of drug-likeness (QED) is 0.722. The van der Waals surface area contributed by atoms with E-state index >= 15 is 0 Å². The molecule has 0 amide bonds. The molecular weight excluding hydrogens is 197 g/mol. The van der Waals surface area contributed by atoms with Crippen molar-refractivity contribution in [3.8, 4) is 0 Å². The Morgan fingerprint density at radius 1 is 1.43 bits per heavy atom. The maximum atomic E-state index is 12.5. The van der Waals surface area contributed by atoms with Gasteiger partial charge in [0.15, 0.2) is 5.60 Å². The van der Waals surface area contributed by atoms with Crippen molar-refractivity contribution in [1.29, 1.82) is 0 Å². The number of alkyl halides is 3. The van der Waals surface area contributed by atoms with Gasteiger partial charge in [0.2, 0.25) is 0 Å². The lowest BCUT2D eigenvalue weighted by molar-refractivity contribution is -0.300. The van der Waals surface area contributed by atoms with Gasteiger partial charge in [-0.15, -0.1) is 0 Å². The van der Waals surface area contributed by atoms with Crippen molar-refractivity contribution in [3.05, 3.63) is 0 Å². The standard InChI is InChI=1S/C9H15F3O2/c1-3-7(2)6-8(13,4-5-14-7)9(10,11)12/h13H,3-6H2,1-2H3. The van der Waals surface area contributed by atoms with Crippen LogP contribution in [0, 0.1) is 0 Å². The normalized spacial score (nSPS) is 39.9. The molecule has 2 nitrogen and oxygen atoms in total. The molecule has 1 saturated heterocycles. The van der Waals surface area contributed by atoms with Gasteiger partial charge in [0.25, 0.3) is 0 Å². The van der Waals surface area contributed by atoms with E-state index in [-0.39, 0.29) is 19.4 Å². The predicted molar refractivity (Wildman–Crippen MR) is 44.9 cm³/mol. The first-order chi connectivity index (χ1) is 6.22. The van der Waals surface area contributed by atoms with E-state index in [1.807, 2.05) is 0 Å². The minimum Gasteiger partial charge on any atom is -0.380 e. The van der Waals surface area contributed by atoms with Crippen molar-refractivity contribution in [2.24, 2.45) is 0 Å². The lowest BCUT2D eigenvalue weighted by atomic mass is 9.81. The van der Waals surface area contributed by atoms with E-state index in [0.29, 0.717) is 6.42 Å². The first kappa shape index (κ1) is 11.8. The van der Waals surface area contributed by atoms with E-state index in [9.17, 15) is 18.3 Å². The third kappa shape index (κ3) is 2.03. The molecule has 1 aliphatic heterocycles. The summed E-state index contributed by atoms with van der Waals surface area (Å²) in [6.07, 6.45) is -4.84. The second kappa shape index (κ2) is 3.38. The first-order valence-corrected chi connectivity index (χ1v) is 4.65. The molecule has 84 valence electrons. The van der Waals surface area contributed by atoms with Crippen LogP contribution in [0.3, 0.4) is 0 Å². The van der Waals surface area contributed by atoms with Crippen LogP contribution < -0.4 is 0 Å². The van der Waals surface area contributed by atoms with E-state index in [0.717, 1.165) is 0 Å². The summed E-state index contributed by atoms with van der Waals surface area (Å²) in [6, 6.07) is 0. The molecule has 1 fully saturated rings. The van der Waals surface area contributed by atoms with Gasteiger partial charge >= 0.3 is 6.18 Å². The Morgan fingerprint density at radius 3 is 2.43 bits per heavy atom. The highest BCUT2D eigenvalue weighted by Gasteiger charge is 2.58. The zero-order valence-corrected chi connectivity index (χ0v) is 8.32. The molecule has 2 atom stereocenters. The molecule has 0 spiro atoms. The molecule has 0 radical (unpaired) electrons. The van der Waals surface area contributed by atoms with E-state index in [1.54, 1.807) is 13.8 Å². The number of ether oxygens (including phenoxy) is 1. The van der Waals surface area contributed by atoms with Crippen LogP contribution in [0.2, 0.25) is 0 Å². The summed E-state index contributed by atoms with van der Waals surface area (Å²) in [5.41, 5.74) is -3.43. The number of halogens is 3. The molecule has 0 aliphatic carbocycles. The Bertz CT molecular complexity index is 217. The zero-order valence-electron chi connectivity index (χ0n) is 8.32. The van der Waals surface area contributed by atoms with Crippen molar-refractivity contribution in [3.63, 3.8) is 0 Å². The van der Waals surface area contributed by atoms with Gasteiger partial charge in [-0.1, -0.05) is 6.92 Å². The minimum absolute atomic E-state index is 0.0413. The minimum atomic E-state index is -4.56. The average Bonchev–Trinajstić information content (AvgIpc) is 2.02. The summed E-state index contributed by atoms with van der Waals surface area (Å²) in [4.78, 5) is 0. The van der Waals surface area contributed by atoms with Gasteiger partial charge in [-0.05, 0) is 13.3 Å². The molecule has 0 aromatic carbocycles. The highest BCUT2D eigenvalue weighted by Crippen LogP contribution is 2.43. The summed E-state index contributed by atoms with van der Waals surface area (Å²) < 4.78 is 42.7. The molecule has 5 heteroatoms. The van der Waals surface area contributed by atoms with Gasteiger partial charge in [-0.3, -0.25) is 0 Å². The van der Waals surface area contributed by atoms with Crippen LogP contribution in [0.25, 0.3) is 0 Å². The van der Waals surface area contributed by atoms with Crippen molar-refractivity contribution in [2.75, 3.05) is 6.61 Å². The molecule has 0 saturated carbocycles. The average molecular weight is 212 g/mol. The molecule has 1 rings (SSSR count). The fourth-order valence-electron chi connectivity index (χ4n) is 1.69. The molecule has 1 aliphatic rings. The fraction of sp³-hybridized carbons (Fsp3) is 1.00. The van der Waals surface area contributed by atoms with Crippen LogP contribution in [0.5, 0.6) is 0 Å². The maximum Gasteiger partial charge on any atom is 0.417 e. The van der Waals surface area contributed by atoms with Crippen molar-refractivity contribution >= 4 is 0 Å². The van der Waals surface area contributed by atoms with E-state index < -0.39 is 17.4 Å². The number of rotatable bonds is 1. The summed E-state index contributed by atoms with van der Waals surface area (Å²) in [7, 11) is 0. The van der Waals surface area contributed by atoms with Crippen molar-refractivity contribution in [1.82, 2.24) is 0 Å². The van der Waals surface area contributed by atoms with Crippen LogP contribution >= 0.6 is 0 Å². The smallest absolute Gasteiger partial charge is 0.380 e. The number of aliphatic hydroxyl groups is 1. The van der Waals surface area contributed by atoms with Gasteiger partial charge in [-0.25, -0.2) is 0 Å². The molecule has 14 heavy (non-hydrogen) atoms. The SMILES string of the molecule is CCC1(C)CC(O)(C(F)(F)F)CCO1. The monoisotopic (exact) mass is 212 g/mol. The topological polar surface area (TPSA) is 29.5 Å². The third-order valence-corrected chi connectivity index (χ3v) is 2.91. The summed E-state index contributed by atoms with van der Waals surface area (Å²) in [5, 5.41) is 9.47. The van der Waals surface area contributed by atoms with Crippen molar-refractivity contribution < 1.29 is 23.0 Å². The van der Waals surface area contributed by atoms with E-state index in [1.165, 1.54) is 0 Å². The highest BCUT2D eigenvalue weighted by molar-refractivity contribution is 4.96. The Balaban J connectivity index is 2.82. The van der Waals surface area contributed by atoms with Crippen molar-refractivity contribution in [2.45, 2.75) is 50.5 Å². The van der Waals surface area contributed by atoms with E-state index in [4.69, 9.17) is 4.74 Å². The molecule has 0 aromatic heterocycles. The highest BCUT2D eigenvalue weighted by atomic mass is 19.4. The van der Waals surface area contributed by atoms with Crippen LogP contribution in [-0.4, -0.2) is 29.1 Å².